The standard InChI is InChI=1S/C68H43N/c1-2-19-44(20-3-1)45-37-39-46(40-38-45)69(47-41-42-55-54-27-10-16-33-61(54)68(64(55)43-47)59-31-14-8-25-52(59)53-26-9-15-32-60(53)68)65-36-18-35-63-66(65)56-28-11-17-34-62(56)67(63)57-29-12-6-23-50(57)48-21-4-5-22-49(48)51-24-7-13-30-58(51)67/h1-43H. The van der Waals surface area contributed by atoms with Crippen LogP contribution in [0.2, 0.25) is 0 Å². The minimum absolute atomic E-state index is 0.476. The highest BCUT2D eigenvalue weighted by molar-refractivity contribution is 6.03. The van der Waals surface area contributed by atoms with Gasteiger partial charge < -0.3 is 4.90 Å². The Labute approximate surface area is 402 Å². The highest BCUT2D eigenvalue weighted by Crippen LogP contribution is 2.66. The van der Waals surface area contributed by atoms with Gasteiger partial charge in [0, 0.05) is 16.9 Å². The second kappa shape index (κ2) is 14.4. The van der Waals surface area contributed by atoms with Gasteiger partial charge in [-0.2, -0.15) is 0 Å². The molecule has 0 aliphatic heterocycles. The molecular formula is C68H43N. The molecule has 69 heavy (non-hydrogen) atoms. The van der Waals surface area contributed by atoms with Gasteiger partial charge in [-0.15, -0.1) is 0 Å². The van der Waals surface area contributed by atoms with E-state index in [-0.39, 0.29) is 0 Å². The van der Waals surface area contributed by atoms with Gasteiger partial charge >= 0.3 is 0 Å². The van der Waals surface area contributed by atoms with Gasteiger partial charge in [-0.25, -0.2) is 0 Å². The normalized spacial score (nSPS) is 14.0. The lowest BCUT2D eigenvalue weighted by atomic mass is 9.66. The number of rotatable bonds is 4. The Bertz CT molecular complexity index is 3780. The first-order valence-electron chi connectivity index (χ1n) is 24.2. The van der Waals surface area contributed by atoms with Crippen LogP contribution in [0.3, 0.4) is 0 Å². The summed E-state index contributed by atoms with van der Waals surface area (Å²) in [6.45, 7) is 0. The van der Waals surface area contributed by atoms with Gasteiger partial charge in [0.2, 0.25) is 0 Å². The molecule has 0 saturated carbocycles. The number of hydrogen-bond donors (Lipinski definition) is 0. The van der Waals surface area contributed by atoms with Gasteiger partial charge in [-0.3, -0.25) is 0 Å². The molecular weight excluding hydrogens is 831 g/mol. The fourth-order valence-electron chi connectivity index (χ4n) is 13.3. The van der Waals surface area contributed by atoms with Crippen molar-refractivity contribution in [1.82, 2.24) is 0 Å². The van der Waals surface area contributed by atoms with Gasteiger partial charge in [0.25, 0.3) is 0 Å². The smallest absolute Gasteiger partial charge is 0.0726 e. The average Bonchev–Trinajstić information content (AvgIpc) is 3.99. The topological polar surface area (TPSA) is 3.24 Å². The SMILES string of the molecule is c1ccc(-c2ccc(N(c3ccc4c(c3)C3(c5ccccc5-c5ccccc53)c3ccccc3-4)c3cccc4c3-c3ccccc3C43c4ccccc4-c4ccccc4-c4ccccc43)cc2)cc1. The second-order valence-electron chi connectivity index (χ2n) is 19.0. The summed E-state index contributed by atoms with van der Waals surface area (Å²) in [7, 11) is 0. The first-order valence-corrected chi connectivity index (χ1v) is 24.2. The molecule has 0 heterocycles. The van der Waals surface area contributed by atoms with Crippen molar-refractivity contribution in [3.63, 3.8) is 0 Å². The predicted octanol–water partition coefficient (Wildman–Crippen LogP) is 17.2. The van der Waals surface area contributed by atoms with E-state index in [0.717, 1.165) is 17.1 Å². The molecule has 0 fully saturated rings. The number of benzene rings is 11. The van der Waals surface area contributed by atoms with Crippen LogP contribution < -0.4 is 4.90 Å². The van der Waals surface area contributed by atoms with Crippen LogP contribution in [-0.4, -0.2) is 0 Å². The largest absolute Gasteiger partial charge is 0.310 e. The van der Waals surface area contributed by atoms with E-state index >= 15 is 0 Å². The molecule has 0 N–H and O–H groups in total. The number of fused-ring (bicyclic) bond motifs is 22. The van der Waals surface area contributed by atoms with E-state index in [1.165, 1.54) is 111 Å². The van der Waals surface area contributed by atoms with Crippen molar-refractivity contribution >= 4 is 17.1 Å². The number of nitrogens with zero attached hydrogens (tertiary/aromatic N) is 1. The van der Waals surface area contributed by atoms with Crippen molar-refractivity contribution in [2.45, 2.75) is 10.8 Å². The summed E-state index contributed by atoms with van der Waals surface area (Å²) in [4.78, 5) is 2.55. The second-order valence-corrected chi connectivity index (χ2v) is 19.0. The predicted molar refractivity (Wildman–Crippen MR) is 285 cm³/mol. The van der Waals surface area contributed by atoms with Crippen molar-refractivity contribution in [3.8, 4) is 66.8 Å². The van der Waals surface area contributed by atoms with Crippen molar-refractivity contribution in [2.75, 3.05) is 4.90 Å². The summed E-state index contributed by atoms with van der Waals surface area (Å²) in [6, 6.07) is 98.2. The first-order chi connectivity index (χ1) is 34.3. The van der Waals surface area contributed by atoms with Crippen molar-refractivity contribution in [3.05, 3.63) is 305 Å². The summed E-state index contributed by atoms with van der Waals surface area (Å²) in [5, 5.41) is 0. The van der Waals surface area contributed by atoms with E-state index in [2.05, 4.69) is 266 Å². The molecule has 15 rings (SSSR count). The lowest BCUT2D eigenvalue weighted by Crippen LogP contribution is -2.29. The van der Waals surface area contributed by atoms with E-state index in [0.29, 0.717) is 0 Å². The third-order valence-corrected chi connectivity index (χ3v) is 15.9. The summed E-state index contributed by atoms with van der Waals surface area (Å²) in [5.74, 6) is 0. The molecule has 0 saturated heterocycles. The Balaban J connectivity index is 1.03. The highest BCUT2D eigenvalue weighted by Gasteiger charge is 2.53. The van der Waals surface area contributed by atoms with E-state index in [4.69, 9.17) is 0 Å². The molecule has 1 nitrogen and oxygen atoms in total. The van der Waals surface area contributed by atoms with Crippen LogP contribution in [-0.2, 0) is 10.8 Å². The van der Waals surface area contributed by atoms with Crippen LogP contribution >= 0.6 is 0 Å². The van der Waals surface area contributed by atoms with Gasteiger partial charge in [-0.05, 0) is 136 Å². The Morgan fingerprint density at radius 2 is 0.565 bits per heavy atom. The fourth-order valence-corrected chi connectivity index (χ4v) is 13.3. The fraction of sp³-hybridized carbons (Fsp3) is 0.0294. The van der Waals surface area contributed by atoms with Crippen molar-refractivity contribution in [1.29, 1.82) is 0 Å². The molecule has 320 valence electrons. The molecule has 4 aliphatic carbocycles. The third-order valence-electron chi connectivity index (χ3n) is 15.9. The first kappa shape index (κ1) is 38.3. The summed E-state index contributed by atoms with van der Waals surface area (Å²) >= 11 is 0. The zero-order valence-corrected chi connectivity index (χ0v) is 37.8. The van der Waals surface area contributed by atoms with E-state index in [1.54, 1.807) is 0 Å². The molecule has 1 heteroatoms. The summed E-state index contributed by atoms with van der Waals surface area (Å²) < 4.78 is 0. The van der Waals surface area contributed by atoms with Crippen LogP contribution in [0.4, 0.5) is 17.1 Å². The lowest BCUT2D eigenvalue weighted by molar-refractivity contribution is 0.775. The van der Waals surface area contributed by atoms with Crippen LogP contribution in [0.1, 0.15) is 44.5 Å². The summed E-state index contributed by atoms with van der Waals surface area (Å²) in [6.07, 6.45) is 0. The zero-order valence-electron chi connectivity index (χ0n) is 37.8. The Hall–Kier alpha value is -8.78. The molecule has 0 atom stereocenters. The Morgan fingerprint density at radius 1 is 0.217 bits per heavy atom. The molecule has 0 unspecified atom stereocenters. The quantitative estimate of drug-likeness (QED) is 0.170. The van der Waals surface area contributed by atoms with Crippen LogP contribution in [0.15, 0.2) is 261 Å². The molecule has 4 aliphatic rings. The number of hydrogen-bond acceptors (Lipinski definition) is 1. The van der Waals surface area contributed by atoms with Gasteiger partial charge in [0.1, 0.15) is 0 Å². The average molecular weight is 874 g/mol. The van der Waals surface area contributed by atoms with Crippen molar-refractivity contribution in [2.24, 2.45) is 0 Å². The van der Waals surface area contributed by atoms with Crippen LogP contribution in [0.25, 0.3) is 66.8 Å². The Kier molecular flexibility index (Phi) is 7.98. The monoisotopic (exact) mass is 873 g/mol. The summed E-state index contributed by atoms with van der Waals surface area (Å²) in [5.41, 5.74) is 28.0. The maximum atomic E-state index is 2.55. The van der Waals surface area contributed by atoms with Gasteiger partial charge in [-0.1, -0.05) is 231 Å². The molecule has 0 amide bonds. The zero-order chi connectivity index (χ0) is 45.3. The van der Waals surface area contributed by atoms with Crippen molar-refractivity contribution < 1.29 is 0 Å². The molecule has 2 spiro atoms. The maximum Gasteiger partial charge on any atom is 0.0726 e. The maximum absolute atomic E-state index is 2.55. The van der Waals surface area contributed by atoms with Crippen LogP contribution in [0, 0.1) is 0 Å². The lowest BCUT2D eigenvalue weighted by Gasteiger charge is -2.36. The molecule has 0 radical (unpaired) electrons. The minimum Gasteiger partial charge on any atom is -0.310 e. The van der Waals surface area contributed by atoms with Gasteiger partial charge in [0.15, 0.2) is 0 Å². The number of anilines is 3. The minimum atomic E-state index is -0.599. The third kappa shape index (κ3) is 4.98. The van der Waals surface area contributed by atoms with E-state index in [9.17, 15) is 0 Å². The Morgan fingerprint density at radius 3 is 1.07 bits per heavy atom. The molecule has 11 aromatic carbocycles. The van der Waals surface area contributed by atoms with E-state index < -0.39 is 10.8 Å². The van der Waals surface area contributed by atoms with E-state index in [1.807, 2.05) is 0 Å². The van der Waals surface area contributed by atoms with Gasteiger partial charge in [0.05, 0.1) is 16.5 Å². The highest BCUT2D eigenvalue weighted by atomic mass is 15.1. The molecule has 0 aromatic heterocycles. The molecule has 0 bridgehead atoms. The van der Waals surface area contributed by atoms with Crippen LogP contribution in [0.5, 0.6) is 0 Å². The molecule has 11 aromatic rings.